The van der Waals surface area contributed by atoms with E-state index in [1.165, 1.54) is 0 Å². The molecule has 3 N–H and O–H groups in total. The molecule has 0 heterocycles. The van der Waals surface area contributed by atoms with Crippen molar-refractivity contribution >= 4 is 5.91 Å². The van der Waals surface area contributed by atoms with Gasteiger partial charge in [-0.2, -0.15) is 0 Å². The van der Waals surface area contributed by atoms with Crippen LogP contribution in [0, 0.1) is 0 Å². The van der Waals surface area contributed by atoms with E-state index < -0.39 is 0 Å². The molecular formula is C16H24N2O3. The largest absolute Gasteiger partial charge is 0.497 e. The van der Waals surface area contributed by atoms with E-state index in [0.29, 0.717) is 36.6 Å². The molecule has 1 aromatic carbocycles. The van der Waals surface area contributed by atoms with Gasteiger partial charge in [-0.3, -0.25) is 4.79 Å². The zero-order valence-electron chi connectivity index (χ0n) is 12.5. The summed E-state index contributed by atoms with van der Waals surface area (Å²) in [6.45, 7) is 1.05. The molecule has 0 spiro atoms. The van der Waals surface area contributed by atoms with E-state index in [9.17, 15) is 4.79 Å². The second-order valence-electron chi connectivity index (χ2n) is 5.40. The summed E-state index contributed by atoms with van der Waals surface area (Å²) in [4.78, 5) is 12.0. The van der Waals surface area contributed by atoms with Gasteiger partial charge in [0.05, 0.1) is 19.8 Å². The summed E-state index contributed by atoms with van der Waals surface area (Å²) in [7, 11) is 1.58. The van der Waals surface area contributed by atoms with Gasteiger partial charge in [0.2, 0.25) is 0 Å². The van der Waals surface area contributed by atoms with Crippen LogP contribution in [0.1, 0.15) is 36.0 Å². The molecule has 5 nitrogen and oxygen atoms in total. The van der Waals surface area contributed by atoms with Gasteiger partial charge < -0.3 is 20.5 Å². The molecule has 0 bridgehead atoms. The molecule has 1 aliphatic rings. The van der Waals surface area contributed by atoms with Gasteiger partial charge in [-0.25, -0.2) is 0 Å². The fraction of sp³-hybridized carbons (Fsp3) is 0.562. The lowest BCUT2D eigenvalue weighted by Gasteiger charge is -2.26. The molecule has 2 rings (SSSR count). The fourth-order valence-electron chi connectivity index (χ4n) is 2.51. The summed E-state index contributed by atoms with van der Waals surface area (Å²) < 4.78 is 10.9. The molecule has 0 radical (unpaired) electrons. The van der Waals surface area contributed by atoms with Crippen molar-refractivity contribution < 1.29 is 14.3 Å². The van der Waals surface area contributed by atoms with Crippen LogP contribution in [0.25, 0.3) is 0 Å². The van der Waals surface area contributed by atoms with E-state index in [1.54, 1.807) is 25.3 Å². The first-order valence-corrected chi connectivity index (χ1v) is 7.48. The molecule has 116 valence electrons. The molecule has 21 heavy (non-hydrogen) atoms. The molecule has 0 aliphatic heterocycles. The van der Waals surface area contributed by atoms with Crippen molar-refractivity contribution in [1.29, 1.82) is 0 Å². The number of methoxy groups -OCH3 is 1. The molecule has 0 aromatic heterocycles. The maximum Gasteiger partial charge on any atom is 0.251 e. The van der Waals surface area contributed by atoms with Gasteiger partial charge in [0.1, 0.15) is 5.75 Å². The van der Waals surface area contributed by atoms with Crippen LogP contribution in [0.4, 0.5) is 0 Å². The minimum absolute atomic E-state index is 0.108. The number of nitrogens with two attached hydrogens (primary N) is 1. The van der Waals surface area contributed by atoms with Crippen LogP contribution in [0.15, 0.2) is 24.3 Å². The minimum atomic E-state index is -0.108. The Kier molecular flexibility index (Phi) is 6.02. The number of hydrogen-bond donors (Lipinski definition) is 2. The first kappa shape index (κ1) is 15.8. The third-order valence-electron chi connectivity index (χ3n) is 3.79. The standard InChI is InChI=1S/C16H24N2O3/c1-20-15-4-2-3-12(11-15)16(19)18-9-10-21-14-7-5-13(17)6-8-14/h2-4,11,13-14H,5-10,17H2,1H3,(H,18,19). The van der Waals surface area contributed by atoms with E-state index >= 15 is 0 Å². The molecule has 5 heteroatoms. The van der Waals surface area contributed by atoms with Gasteiger partial charge in [0, 0.05) is 18.2 Å². The topological polar surface area (TPSA) is 73.6 Å². The fourth-order valence-corrected chi connectivity index (χ4v) is 2.51. The Bertz CT molecular complexity index is 457. The number of carbonyl (C=O) groups excluding carboxylic acids is 1. The number of benzene rings is 1. The van der Waals surface area contributed by atoms with Crippen LogP contribution < -0.4 is 15.8 Å². The van der Waals surface area contributed by atoms with Gasteiger partial charge in [-0.15, -0.1) is 0 Å². The minimum Gasteiger partial charge on any atom is -0.497 e. The Morgan fingerprint density at radius 1 is 1.33 bits per heavy atom. The Hall–Kier alpha value is -1.59. The normalized spacial score (nSPS) is 21.8. The number of rotatable bonds is 6. The van der Waals surface area contributed by atoms with Gasteiger partial charge in [0.25, 0.3) is 5.91 Å². The van der Waals surface area contributed by atoms with E-state index in [-0.39, 0.29) is 5.91 Å². The first-order chi connectivity index (χ1) is 10.2. The quantitative estimate of drug-likeness (QED) is 0.783. The highest BCUT2D eigenvalue weighted by molar-refractivity contribution is 5.94. The Morgan fingerprint density at radius 2 is 2.10 bits per heavy atom. The Morgan fingerprint density at radius 3 is 2.81 bits per heavy atom. The van der Waals surface area contributed by atoms with Crippen LogP contribution in [0.2, 0.25) is 0 Å². The summed E-state index contributed by atoms with van der Waals surface area (Å²) >= 11 is 0. The number of hydrogen-bond acceptors (Lipinski definition) is 4. The van der Waals surface area contributed by atoms with E-state index in [2.05, 4.69) is 5.32 Å². The van der Waals surface area contributed by atoms with Crippen molar-refractivity contribution in [2.75, 3.05) is 20.3 Å². The summed E-state index contributed by atoms with van der Waals surface area (Å²) in [5, 5.41) is 2.85. The van der Waals surface area contributed by atoms with Crippen molar-refractivity contribution in [3.05, 3.63) is 29.8 Å². The molecule has 0 atom stereocenters. The third-order valence-corrected chi connectivity index (χ3v) is 3.79. The van der Waals surface area contributed by atoms with Gasteiger partial charge >= 0.3 is 0 Å². The Labute approximate surface area is 125 Å². The van der Waals surface area contributed by atoms with Crippen LogP contribution in [-0.2, 0) is 4.74 Å². The second-order valence-corrected chi connectivity index (χ2v) is 5.40. The molecule has 1 aromatic rings. The van der Waals surface area contributed by atoms with E-state index in [0.717, 1.165) is 25.7 Å². The highest BCUT2D eigenvalue weighted by atomic mass is 16.5. The third kappa shape index (κ3) is 5.02. The molecule has 0 saturated heterocycles. The van der Waals surface area contributed by atoms with Gasteiger partial charge in [0.15, 0.2) is 0 Å². The SMILES string of the molecule is COc1cccc(C(=O)NCCOC2CCC(N)CC2)c1. The number of carbonyl (C=O) groups is 1. The molecular weight excluding hydrogens is 268 g/mol. The second kappa shape index (κ2) is 8.00. The average Bonchev–Trinajstić information content (AvgIpc) is 2.53. The van der Waals surface area contributed by atoms with Crippen molar-refractivity contribution in [1.82, 2.24) is 5.32 Å². The van der Waals surface area contributed by atoms with E-state index in [4.69, 9.17) is 15.2 Å². The summed E-state index contributed by atoms with van der Waals surface area (Å²) in [5.74, 6) is 0.570. The van der Waals surface area contributed by atoms with Gasteiger partial charge in [-0.05, 0) is 43.9 Å². The lowest BCUT2D eigenvalue weighted by molar-refractivity contribution is 0.0267. The average molecular weight is 292 g/mol. The highest BCUT2D eigenvalue weighted by Gasteiger charge is 2.18. The zero-order chi connectivity index (χ0) is 15.1. The van der Waals surface area contributed by atoms with Crippen molar-refractivity contribution in [3.8, 4) is 5.75 Å². The van der Waals surface area contributed by atoms with Crippen LogP contribution in [-0.4, -0.2) is 38.3 Å². The smallest absolute Gasteiger partial charge is 0.251 e. The Balaban J connectivity index is 1.67. The van der Waals surface area contributed by atoms with Gasteiger partial charge in [-0.1, -0.05) is 6.07 Å². The van der Waals surface area contributed by atoms with Crippen LogP contribution in [0.5, 0.6) is 5.75 Å². The highest BCUT2D eigenvalue weighted by Crippen LogP contribution is 2.19. The molecule has 1 amide bonds. The molecule has 1 fully saturated rings. The van der Waals surface area contributed by atoms with Crippen molar-refractivity contribution in [3.63, 3.8) is 0 Å². The molecule has 1 saturated carbocycles. The maximum atomic E-state index is 12.0. The summed E-state index contributed by atoms with van der Waals surface area (Å²) in [6.07, 6.45) is 4.39. The first-order valence-electron chi connectivity index (χ1n) is 7.48. The predicted molar refractivity (Wildman–Crippen MR) is 81.5 cm³/mol. The van der Waals surface area contributed by atoms with Crippen LogP contribution >= 0.6 is 0 Å². The zero-order valence-corrected chi connectivity index (χ0v) is 12.5. The van der Waals surface area contributed by atoms with E-state index in [1.807, 2.05) is 6.07 Å². The van der Waals surface area contributed by atoms with Crippen molar-refractivity contribution in [2.45, 2.75) is 37.8 Å². The number of amides is 1. The molecule has 1 aliphatic carbocycles. The summed E-state index contributed by atoms with van der Waals surface area (Å²) in [6, 6.07) is 7.43. The molecule has 0 unspecified atom stereocenters. The van der Waals surface area contributed by atoms with Crippen molar-refractivity contribution in [2.24, 2.45) is 5.73 Å². The summed E-state index contributed by atoms with van der Waals surface area (Å²) in [5.41, 5.74) is 6.45. The number of ether oxygens (including phenoxy) is 2. The number of nitrogens with one attached hydrogen (secondary N) is 1. The lowest BCUT2D eigenvalue weighted by atomic mass is 9.94. The maximum absolute atomic E-state index is 12.0. The monoisotopic (exact) mass is 292 g/mol. The predicted octanol–water partition coefficient (Wildman–Crippen LogP) is 1.71. The lowest BCUT2D eigenvalue weighted by Crippen LogP contribution is -2.33. The van der Waals surface area contributed by atoms with Crippen LogP contribution in [0.3, 0.4) is 0 Å².